The van der Waals surface area contributed by atoms with Gasteiger partial charge in [0.1, 0.15) is 5.69 Å². The van der Waals surface area contributed by atoms with Gasteiger partial charge in [0.15, 0.2) is 10.7 Å². The first-order valence-electron chi connectivity index (χ1n) is 3.91. The Kier molecular flexibility index (Phi) is 2.66. The summed E-state index contributed by atoms with van der Waals surface area (Å²) in [4.78, 5) is 10.9. The summed E-state index contributed by atoms with van der Waals surface area (Å²) in [7, 11) is -1.21. The summed E-state index contributed by atoms with van der Waals surface area (Å²) < 4.78 is 23.1. The van der Waals surface area contributed by atoms with Crippen molar-refractivity contribution in [3.8, 4) is 0 Å². The fourth-order valence-electron chi connectivity index (χ4n) is 1.53. The third-order valence-electron chi connectivity index (χ3n) is 2.28. The zero-order chi connectivity index (χ0) is 11.0. The van der Waals surface area contributed by atoms with Crippen molar-refractivity contribution in [2.45, 2.75) is 18.7 Å². The van der Waals surface area contributed by atoms with Gasteiger partial charge in [-0.3, -0.25) is 0 Å². The minimum Gasteiger partial charge on any atom is -0.477 e. The van der Waals surface area contributed by atoms with Gasteiger partial charge in [-0.1, -0.05) is 0 Å². The normalized spacial score (nSPS) is 10.9. The molecular formula is C8H11NO4S. The van der Waals surface area contributed by atoms with E-state index in [2.05, 4.69) is 0 Å². The molecule has 0 aliphatic carbocycles. The Labute approximate surface area is 82.9 Å². The van der Waals surface area contributed by atoms with Crippen LogP contribution in [-0.4, -0.2) is 24.1 Å². The van der Waals surface area contributed by atoms with Crippen LogP contribution in [0.15, 0.2) is 4.90 Å². The molecule has 0 atom stereocenters. The minimum atomic E-state index is -2.74. The van der Waals surface area contributed by atoms with Gasteiger partial charge in [0, 0.05) is 18.3 Å². The molecule has 0 aliphatic heterocycles. The first-order valence-corrected chi connectivity index (χ1v) is 5.09. The zero-order valence-electron chi connectivity index (χ0n) is 8.07. The van der Waals surface area contributed by atoms with E-state index < -0.39 is 16.7 Å². The molecule has 1 N–H and O–H groups in total. The van der Waals surface area contributed by atoms with E-state index >= 15 is 0 Å². The quantitative estimate of drug-likeness (QED) is 0.699. The molecule has 0 saturated carbocycles. The molecule has 0 unspecified atom stereocenters. The van der Waals surface area contributed by atoms with Crippen molar-refractivity contribution in [2.75, 3.05) is 0 Å². The molecule has 5 nitrogen and oxygen atoms in total. The number of hydrogen-bond donors (Lipinski definition) is 2. The lowest BCUT2D eigenvalue weighted by atomic mass is 10.2. The van der Waals surface area contributed by atoms with Crippen molar-refractivity contribution in [1.29, 1.82) is 0 Å². The van der Waals surface area contributed by atoms with Crippen molar-refractivity contribution in [2.24, 2.45) is 7.05 Å². The van der Waals surface area contributed by atoms with E-state index in [-0.39, 0.29) is 10.6 Å². The van der Waals surface area contributed by atoms with E-state index in [1.807, 2.05) is 0 Å². The van der Waals surface area contributed by atoms with Crippen LogP contribution in [0.25, 0.3) is 0 Å². The van der Waals surface area contributed by atoms with Gasteiger partial charge in [0.05, 0.1) is 4.90 Å². The number of aromatic nitrogens is 1. The molecule has 14 heavy (non-hydrogen) atoms. The predicted molar refractivity (Wildman–Crippen MR) is 50.4 cm³/mol. The lowest BCUT2D eigenvalue weighted by molar-refractivity contribution is 0.0685. The molecule has 1 rings (SSSR count). The second-order valence-corrected chi connectivity index (χ2v) is 3.99. The largest absolute Gasteiger partial charge is 0.477 e. The number of hydrogen-bond acceptors (Lipinski definition) is 3. The third-order valence-corrected chi connectivity index (χ3v) is 3.30. The van der Waals surface area contributed by atoms with E-state index in [4.69, 9.17) is 5.11 Å². The van der Waals surface area contributed by atoms with Crippen LogP contribution >= 0.6 is 0 Å². The number of thiol groups is 1. The fourth-order valence-corrected chi connectivity index (χ4v) is 2.33. The number of carbonyl (C=O) groups is 1. The van der Waals surface area contributed by atoms with Crippen LogP contribution in [0, 0.1) is 13.8 Å². The summed E-state index contributed by atoms with van der Waals surface area (Å²) in [5.74, 6) is -1.11. The monoisotopic (exact) mass is 217 g/mol. The van der Waals surface area contributed by atoms with Crippen molar-refractivity contribution in [3.63, 3.8) is 0 Å². The average molecular weight is 217 g/mol. The highest BCUT2D eigenvalue weighted by Crippen LogP contribution is 2.21. The highest BCUT2D eigenvalue weighted by atomic mass is 32.2. The van der Waals surface area contributed by atoms with Crippen LogP contribution < -0.4 is 0 Å². The number of carboxylic acid groups (broad SMARTS) is 1. The summed E-state index contributed by atoms with van der Waals surface area (Å²) >= 11 is 0. The summed E-state index contributed by atoms with van der Waals surface area (Å²) in [5, 5.41) is 8.85. The van der Waals surface area contributed by atoms with Gasteiger partial charge in [0.2, 0.25) is 0 Å². The van der Waals surface area contributed by atoms with Crippen molar-refractivity contribution >= 4 is 16.7 Å². The molecule has 1 aromatic rings. The highest BCUT2D eigenvalue weighted by molar-refractivity contribution is 7.72. The van der Waals surface area contributed by atoms with Gasteiger partial charge in [0.25, 0.3) is 0 Å². The standard InChI is InChI=1S/C8H11NO4S/c1-4-6(8(10)11)9(3)5(2)7(4)14(12)13/h14H,1-3H3,(H,10,11). The Hall–Kier alpha value is -1.30. The third kappa shape index (κ3) is 1.41. The van der Waals surface area contributed by atoms with E-state index in [1.54, 1.807) is 6.92 Å². The second kappa shape index (κ2) is 3.45. The van der Waals surface area contributed by atoms with Crippen LogP contribution in [0.3, 0.4) is 0 Å². The van der Waals surface area contributed by atoms with Crippen LogP contribution in [0.5, 0.6) is 0 Å². The molecule has 0 fully saturated rings. The molecule has 6 heteroatoms. The lowest BCUT2D eigenvalue weighted by Crippen LogP contribution is -2.06. The first kappa shape index (κ1) is 10.8. The summed E-state index contributed by atoms with van der Waals surface area (Å²) in [6.45, 7) is 3.08. The predicted octanol–water partition coefficient (Wildman–Crippen LogP) is 0.310. The second-order valence-electron chi connectivity index (χ2n) is 3.03. The summed E-state index contributed by atoms with van der Waals surface area (Å²) in [6.07, 6.45) is 0. The minimum absolute atomic E-state index is 0.0247. The molecule has 0 aromatic carbocycles. The smallest absolute Gasteiger partial charge is 0.352 e. The van der Waals surface area contributed by atoms with Crippen LogP contribution in [0.4, 0.5) is 0 Å². The maximum absolute atomic E-state index is 10.9. The molecule has 0 saturated heterocycles. The lowest BCUT2D eigenvalue weighted by Gasteiger charge is -1.99. The number of rotatable bonds is 2. The summed E-state index contributed by atoms with van der Waals surface area (Å²) in [6, 6.07) is 0. The van der Waals surface area contributed by atoms with Gasteiger partial charge in [-0.2, -0.15) is 0 Å². The molecule has 0 radical (unpaired) electrons. The molecule has 0 bridgehead atoms. The Morgan fingerprint density at radius 2 is 1.86 bits per heavy atom. The number of nitrogens with zero attached hydrogens (tertiary/aromatic N) is 1. The van der Waals surface area contributed by atoms with E-state index in [0.29, 0.717) is 11.3 Å². The maximum atomic E-state index is 10.9. The van der Waals surface area contributed by atoms with Gasteiger partial charge >= 0.3 is 5.97 Å². The molecule has 1 aromatic heterocycles. The average Bonchev–Trinajstić information content (AvgIpc) is 2.23. The van der Waals surface area contributed by atoms with Gasteiger partial charge in [-0.15, -0.1) is 0 Å². The van der Waals surface area contributed by atoms with E-state index in [0.717, 1.165) is 0 Å². The SMILES string of the molecule is Cc1c([SH](=O)=O)c(C)n(C)c1C(=O)O. The van der Waals surface area contributed by atoms with Crippen molar-refractivity contribution < 1.29 is 18.3 Å². The van der Waals surface area contributed by atoms with Gasteiger partial charge in [-0.05, 0) is 13.8 Å². The molecule has 78 valence electrons. The first-order chi connectivity index (χ1) is 6.37. The van der Waals surface area contributed by atoms with Crippen LogP contribution in [0.2, 0.25) is 0 Å². The van der Waals surface area contributed by atoms with Crippen LogP contribution in [0.1, 0.15) is 21.7 Å². The van der Waals surface area contributed by atoms with Crippen molar-refractivity contribution in [3.05, 3.63) is 17.0 Å². The molecule has 0 aliphatic rings. The topological polar surface area (TPSA) is 76.4 Å². The Morgan fingerprint density at radius 3 is 2.07 bits per heavy atom. The van der Waals surface area contributed by atoms with E-state index in [1.165, 1.54) is 18.5 Å². The highest BCUT2D eigenvalue weighted by Gasteiger charge is 2.21. The van der Waals surface area contributed by atoms with Crippen LogP contribution in [-0.2, 0) is 17.8 Å². The maximum Gasteiger partial charge on any atom is 0.352 e. The summed E-state index contributed by atoms with van der Waals surface area (Å²) in [5.41, 5.74) is 0.779. The molecule has 1 heterocycles. The van der Waals surface area contributed by atoms with Gasteiger partial charge < -0.3 is 9.67 Å². The Morgan fingerprint density at radius 1 is 1.36 bits per heavy atom. The van der Waals surface area contributed by atoms with E-state index in [9.17, 15) is 13.2 Å². The molecular weight excluding hydrogens is 206 g/mol. The Bertz CT molecular complexity index is 462. The zero-order valence-corrected chi connectivity index (χ0v) is 8.96. The molecule has 0 amide bonds. The fraction of sp³-hybridized carbons (Fsp3) is 0.375. The Balaban J connectivity index is 3.66. The molecule has 0 spiro atoms. The number of aromatic carboxylic acids is 1. The van der Waals surface area contributed by atoms with Gasteiger partial charge in [-0.25, -0.2) is 13.2 Å². The van der Waals surface area contributed by atoms with Crippen molar-refractivity contribution in [1.82, 2.24) is 4.57 Å². The number of carboxylic acids is 1.